The maximum absolute atomic E-state index is 12.1. The summed E-state index contributed by atoms with van der Waals surface area (Å²) in [7, 11) is 0. The monoisotopic (exact) mass is 534 g/mol. The number of aromatic amines is 2. The van der Waals surface area contributed by atoms with Gasteiger partial charge in [0.25, 0.3) is 0 Å². The number of H-pyrrole nitrogens is 2. The van der Waals surface area contributed by atoms with Gasteiger partial charge in [0.15, 0.2) is 11.5 Å². The van der Waals surface area contributed by atoms with E-state index in [-0.39, 0.29) is 6.09 Å². The summed E-state index contributed by atoms with van der Waals surface area (Å²) in [5, 5.41) is 18.2. The molecule has 0 radical (unpaired) electrons. The van der Waals surface area contributed by atoms with Gasteiger partial charge in [0.1, 0.15) is 17.0 Å². The number of hydrogen-bond donors (Lipinski definition) is 3. The van der Waals surface area contributed by atoms with Crippen LogP contribution in [0.1, 0.15) is 69.7 Å². The summed E-state index contributed by atoms with van der Waals surface area (Å²) in [6.45, 7) is 9.26. The van der Waals surface area contributed by atoms with E-state index in [1.54, 1.807) is 17.4 Å². The second-order valence-corrected chi connectivity index (χ2v) is 11.1. The quantitative estimate of drug-likeness (QED) is 0.297. The smallest absolute Gasteiger partial charge is 0.410 e. The van der Waals surface area contributed by atoms with Gasteiger partial charge in [-0.1, -0.05) is 0 Å². The van der Waals surface area contributed by atoms with Gasteiger partial charge in [0.05, 0.1) is 12.5 Å². The first kappa shape index (κ1) is 26.8. The van der Waals surface area contributed by atoms with Crippen molar-refractivity contribution in [2.45, 2.75) is 63.9 Å². The highest BCUT2D eigenvalue weighted by molar-refractivity contribution is 5.68. The third kappa shape index (κ3) is 7.00. The molecule has 0 spiro atoms. The second-order valence-electron chi connectivity index (χ2n) is 11.1. The minimum absolute atomic E-state index is 0.225. The lowest BCUT2D eigenvalue weighted by Crippen LogP contribution is -2.41. The molecule has 0 saturated carbocycles. The Morgan fingerprint density at radius 2 is 1.38 bits per heavy atom. The summed E-state index contributed by atoms with van der Waals surface area (Å²) >= 11 is 0. The molecule has 6 rings (SSSR count). The van der Waals surface area contributed by atoms with E-state index in [2.05, 4.69) is 31.8 Å². The highest BCUT2D eigenvalue weighted by Gasteiger charge is 2.28. The second kappa shape index (κ2) is 11.9. The molecule has 3 N–H and O–H groups in total. The van der Waals surface area contributed by atoms with Crippen LogP contribution in [0.5, 0.6) is 0 Å². The summed E-state index contributed by atoms with van der Waals surface area (Å²) in [5.74, 6) is 2.58. The van der Waals surface area contributed by atoms with Crippen molar-refractivity contribution in [2.75, 3.05) is 26.2 Å². The molecule has 208 valence electrons. The number of likely N-dealkylation sites (tertiary alicyclic amines) is 1. The molecule has 39 heavy (non-hydrogen) atoms. The number of nitrogens with zero attached hydrogens (tertiary/aromatic N) is 3. The van der Waals surface area contributed by atoms with E-state index in [4.69, 9.17) is 13.6 Å². The largest absolute Gasteiger partial charge is 0.463 e. The SMILES string of the molecule is CC(C)(C)OC(=O)N1CCC(c2cc(-c3ccco3)n[nH]2)CC1.c1coc(-c2cc(C3CCNCC3)[nH]n2)c1. The van der Waals surface area contributed by atoms with E-state index in [0.717, 1.165) is 54.5 Å². The molecule has 0 unspecified atom stereocenters. The average molecular weight is 535 g/mol. The predicted octanol–water partition coefficient (Wildman–Crippen LogP) is 5.92. The number of carbonyl (C=O) groups is 1. The molecule has 2 fully saturated rings. The van der Waals surface area contributed by atoms with Crippen LogP contribution in [0, 0.1) is 0 Å². The molecule has 0 aromatic carbocycles. The van der Waals surface area contributed by atoms with E-state index in [1.165, 1.54) is 18.5 Å². The van der Waals surface area contributed by atoms with Gasteiger partial charge in [0.2, 0.25) is 0 Å². The Kier molecular flexibility index (Phi) is 8.21. The van der Waals surface area contributed by atoms with Crippen molar-refractivity contribution in [3.05, 3.63) is 60.3 Å². The van der Waals surface area contributed by atoms with Crippen LogP contribution >= 0.6 is 0 Å². The summed E-state index contributed by atoms with van der Waals surface area (Å²) in [5.41, 5.74) is 3.60. The fourth-order valence-corrected chi connectivity index (χ4v) is 5.03. The first-order valence-corrected chi connectivity index (χ1v) is 13.7. The van der Waals surface area contributed by atoms with Gasteiger partial charge in [-0.3, -0.25) is 10.2 Å². The number of piperidine rings is 2. The Morgan fingerprint density at radius 1 is 0.872 bits per heavy atom. The number of nitrogens with one attached hydrogen (secondary N) is 3. The number of furan rings is 2. The minimum Gasteiger partial charge on any atom is -0.463 e. The van der Waals surface area contributed by atoms with Crippen LogP contribution in [0.3, 0.4) is 0 Å². The Labute approximate surface area is 228 Å². The van der Waals surface area contributed by atoms with E-state index in [1.807, 2.05) is 51.1 Å². The molecule has 10 nitrogen and oxygen atoms in total. The molecule has 1 amide bonds. The van der Waals surface area contributed by atoms with Crippen molar-refractivity contribution in [2.24, 2.45) is 0 Å². The zero-order valence-corrected chi connectivity index (χ0v) is 22.9. The van der Waals surface area contributed by atoms with Crippen molar-refractivity contribution in [3.63, 3.8) is 0 Å². The summed E-state index contributed by atoms with van der Waals surface area (Å²) < 4.78 is 16.1. The molecule has 2 saturated heterocycles. The zero-order chi connectivity index (χ0) is 27.2. The molecule has 0 aliphatic carbocycles. The van der Waals surface area contributed by atoms with Crippen LogP contribution in [0.2, 0.25) is 0 Å². The maximum atomic E-state index is 12.1. The third-order valence-corrected chi connectivity index (χ3v) is 7.11. The highest BCUT2D eigenvalue weighted by Crippen LogP contribution is 2.30. The van der Waals surface area contributed by atoms with Crippen LogP contribution in [0.25, 0.3) is 22.9 Å². The van der Waals surface area contributed by atoms with Crippen LogP contribution in [0.4, 0.5) is 4.79 Å². The lowest BCUT2D eigenvalue weighted by Gasteiger charge is -2.33. The lowest BCUT2D eigenvalue weighted by atomic mass is 9.93. The number of aromatic nitrogens is 4. The highest BCUT2D eigenvalue weighted by atomic mass is 16.6. The number of ether oxygens (including phenoxy) is 1. The van der Waals surface area contributed by atoms with Gasteiger partial charge in [0, 0.05) is 36.3 Å². The number of carbonyl (C=O) groups excluding carboxylic acids is 1. The van der Waals surface area contributed by atoms with Crippen molar-refractivity contribution in [3.8, 4) is 22.9 Å². The van der Waals surface area contributed by atoms with Crippen LogP contribution < -0.4 is 5.32 Å². The van der Waals surface area contributed by atoms with E-state index in [9.17, 15) is 4.79 Å². The van der Waals surface area contributed by atoms with Gasteiger partial charge in [-0.15, -0.1) is 0 Å². The molecule has 10 heteroatoms. The predicted molar refractivity (Wildman–Crippen MR) is 147 cm³/mol. The Hall–Kier alpha value is -3.79. The molecular formula is C29H38N6O4. The maximum Gasteiger partial charge on any atom is 0.410 e. The molecule has 2 aliphatic rings. The summed E-state index contributed by atoms with van der Waals surface area (Å²) in [6.07, 6.45) is 7.26. The van der Waals surface area contributed by atoms with Crippen molar-refractivity contribution in [1.82, 2.24) is 30.6 Å². The molecule has 4 aromatic rings. The average Bonchev–Trinajstić information content (AvgIpc) is 3.76. The van der Waals surface area contributed by atoms with Crippen molar-refractivity contribution in [1.29, 1.82) is 0 Å². The van der Waals surface area contributed by atoms with Gasteiger partial charge in [-0.05, 0) is 95.9 Å². The fraction of sp³-hybridized carbons (Fsp3) is 0.483. The molecular weight excluding hydrogens is 496 g/mol. The standard InChI is InChI=1S/C17H23N3O3.C12H15N3O/c1-17(2,3)23-16(21)20-8-6-12(7-9-20)13-11-14(19-18-13)15-5-4-10-22-15;1-2-12(16-7-1)11-8-10(14-15-11)9-3-5-13-6-4-9/h4-5,10-12H,6-9H2,1-3H3,(H,18,19);1-2,7-9,13H,3-6H2,(H,14,15). The zero-order valence-electron chi connectivity index (χ0n) is 22.9. The van der Waals surface area contributed by atoms with Gasteiger partial charge >= 0.3 is 6.09 Å². The third-order valence-electron chi connectivity index (χ3n) is 7.11. The molecule has 4 aromatic heterocycles. The Morgan fingerprint density at radius 3 is 1.85 bits per heavy atom. The van der Waals surface area contributed by atoms with E-state index in [0.29, 0.717) is 24.9 Å². The number of amides is 1. The summed E-state index contributed by atoms with van der Waals surface area (Å²) in [6, 6.07) is 11.7. The van der Waals surface area contributed by atoms with Gasteiger partial charge in [-0.2, -0.15) is 10.2 Å². The van der Waals surface area contributed by atoms with Gasteiger partial charge in [-0.25, -0.2) is 4.79 Å². The molecule has 0 bridgehead atoms. The minimum atomic E-state index is -0.449. The van der Waals surface area contributed by atoms with Crippen LogP contribution in [-0.2, 0) is 4.74 Å². The van der Waals surface area contributed by atoms with Crippen LogP contribution in [-0.4, -0.2) is 63.2 Å². The Bertz CT molecular complexity index is 1290. The summed E-state index contributed by atoms with van der Waals surface area (Å²) in [4.78, 5) is 13.9. The Balaban J connectivity index is 0.000000168. The number of rotatable bonds is 4. The first-order valence-electron chi connectivity index (χ1n) is 13.7. The molecule has 6 heterocycles. The topological polar surface area (TPSA) is 125 Å². The van der Waals surface area contributed by atoms with E-state index >= 15 is 0 Å². The van der Waals surface area contributed by atoms with Gasteiger partial charge < -0.3 is 23.8 Å². The first-order chi connectivity index (χ1) is 18.9. The normalized spacial score (nSPS) is 17.1. The number of hydrogen-bond acceptors (Lipinski definition) is 7. The molecule has 0 atom stereocenters. The lowest BCUT2D eigenvalue weighted by molar-refractivity contribution is 0.0204. The molecule has 2 aliphatic heterocycles. The van der Waals surface area contributed by atoms with Crippen LogP contribution in [0.15, 0.2) is 57.8 Å². The van der Waals surface area contributed by atoms with Crippen molar-refractivity contribution >= 4 is 6.09 Å². The van der Waals surface area contributed by atoms with E-state index < -0.39 is 5.60 Å². The fourth-order valence-electron chi connectivity index (χ4n) is 5.03. The van der Waals surface area contributed by atoms with Crippen molar-refractivity contribution < 1.29 is 18.4 Å².